The Morgan fingerprint density at radius 3 is 2.52 bits per heavy atom. The van der Waals surface area contributed by atoms with Gasteiger partial charge in [0.25, 0.3) is 0 Å². The molecule has 5 heterocycles. The van der Waals surface area contributed by atoms with Crippen LogP contribution < -0.4 is 4.90 Å². The van der Waals surface area contributed by atoms with E-state index in [1.165, 1.54) is 5.82 Å². The molecule has 2 saturated heterocycles. The van der Waals surface area contributed by atoms with E-state index in [0.29, 0.717) is 12.8 Å². The Labute approximate surface area is 183 Å². The van der Waals surface area contributed by atoms with Crippen LogP contribution in [-0.2, 0) is 4.79 Å². The highest BCUT2D eigenvalue weighted by Crippen LogP contribution is 2.39. The second-order valence-electron chi connectivity index (χ2n) is 8.92. The molecule has 2 aliphatic heterocycles. The molecule has 0 unspecified atom stereocenters. The minimum Gasteiger partial charge on any atom is -0.355 e. The number of nitrogens with zero attached hydrogens (tertiary/aromatic N) is 6. The molecule has 7 heteroatoms. The number of pyridine rings is 2. The number of rotatable bonds is 3. The Hall–Kier alpha value is -2.77. The van der Waals surface area contributed by atoms with E-state index in [0.717, 1.165) is 48.8 Å². The molecule has 2 atom stereocenters. The Balaban J connectivity index is 1.49. The summed E-state index contributed by atoms with van der Waals surface area (Å²) in [5.41, 5.74) is 4.00. The maximum atomic E-state index is 12.7. The van der Waals surface area contributed by atoms with Gasteiger partial charge in [0.15, 0.2) is 0 Å². The zero-order valence-electron chi connectivity index (χ0n) is 18.5. The molecule has 31 heavy (non-hydrogen) atoms. The number of aromatic nitrogens is 3. The molecule has 2 aliphatic rings. The average molecular weight is 419 g/mol. The number of anilines is 1. The maximum absolute atomic E-state index is 12.7. The molecule has 7 nitrogen and oxygen atoms in total. The third kappa shape index (κ3) is 3.72. The summed E-state index contributed by atoms with van der Waals surface area (Å²) >= 11 is 0. The van der Waals surface area contributed by atoms with Crippen LogP contribution in [0.1, 0.15) is 41.9 Å². The lowest BCUT2D eigenvalue weighted by molar-refractivity contribution is -0.125. The van der Waals surface area contributed by atoms with Gasteiger partial charge in [0.05, 0.1) is 23.5 Å². The summed E-state index contributed by atoms with van der Waals surface area (Å²) in [5, 5.41) is 0. The van der Waals surface area contributed by atoms with Gasteiger partial charge in [-0.25, -0.2) is 4.98 Å². The lowest BCUT2D eigenvalue weighted by Crippen LogP contribution is -2.45. The summed E-state index contributed by atoms with van der Waals surface area (Å²) in [5.74, 6) is 1.45. The number of imidazole rings is 1. The minimum absolute atomic E-state index is 0.0191. The van der Waals surface area contributed by atoms with Crippen molar-refractivity contribution in [3.8, 4) is 0 Å². The van der Waals surface area contributed by atoms with Gasteiger partial charge in [0.1, 0.15) is 17.2 Å². The van der Waals surface area contributed by atoms with Crippen LogP contribution >= 0.6 is 0 Å². The van der Waals surface area contributed by atoms with Gasteiger partial charge in [0, 0.05) is 51.4 Å². The molecule has 0 bridgehead atoms. The highest BCUT2D eigenvalue weighted by Gasteiger charge is 2.36. The molecule has 0 N–H and O–H groups in total. The highest BCUT2D eigenvalue weighted by atomic mass is 16.1. The van der Waals surface area contributed by atoms with Crippen LogP contribution in [0.4, 0.5) is 5.82 Å². The number of carbonyl (C=O) groups excluding carboxylic acids is 1. The van der Waals surface area contributed by atoms with Crippen LogP contribution in [0.25, 0.3) is 5.65 Å². The molecule has 2 fully saturated rings. The van der Waals surface area contributed by atoms with Crippen molar-refractivity contribution in [1.29, 1.82) is 0 Å². The van der Waals surface area contributed by atoms with E-state index < -0.39 is 0 Å². The zero-order chi connectivity index (χ0) is 21.5. The van der Waals surface area contributed by atoms with E-state index in [2.05, 4.69) is 69.5 Å². The van der Waals surface area contributed by atoms with Crippen molar-refractivity contribution in [3.05, 3.63) is 59.7 Å². The predicted octanol–water partition coefficient (Wildman–Crippen LogP) is 2.87. The van der Waals surface area contributed by atoms with Crippen molar-refractivity contribution in [2.75, 3.05) is 45.2 Å². The first-order chi connectivity index (χ1) is 15.0. The summed E-state index contributed by atoms with van der Waals surface area (Å²) in [7, 11) is 4.27. The van der Waals surface area contributed by atoms with Crippen molar-refractivity contribution in [2.45, 2.75) is 31.8 Å². The average Bonchev–Trinajstić information content (AvgIpc) is 3.20. The standard InChI is InChI=1S/C24H30N6O/c1-17-6-5-9-25-24(17)21-15-18(31)14-20(28(21)3)19-16-30-22(26-19)7-4-8-23(30)29-12-10-27(2)11-13-29/h4-9,16,20-21H,10-15H2,1-3H3/t20-,21+/m1/s1. The number of likely N-dealkylation sites (tertiary alicyclic amines) is 1. The molecule has 0 spiro atoms. The lowest BCUT2D eigenvalue weighted by atomic mass is 9.90. The van der Waals surface area contributed by atoms with Crippen molar-refractivity contribution in [3.63, 3.8) is 0 Å². The number of Topliss-reactive ketones (excluding diaryl/α,β-unsaturated/α-hetero) is 1. The molecule has 5 rings (SSSR count). The molecule has 0 amide bonds. The number of carbonyl (C=O) groups is 1. The quantitative estimate of drug-likeness (QED) is 0.652. The summed E-state index contributed by atoms with van der Waals surface area (Å²) in [4.78, 5) is 29.4. The molecule has 162 valence electrons. The number of hydrogen-bond donors (Lipinski definition) is 0. The smallest absolute Gasteiger partial charge is 0.138 e. The van der Waals surface area contributed by atoms with E-state index >= 15 is 0 Å². The summed E-state index contributed by atoms with van der Waals surface area (Å²) in [6.07, 6.45) is 4.94. The fourth-order valence-corrected chi connectivity index (χ4v) is 4.94. The van der Waals surface area contributed by atoms with Crippen molar-refractivity contribution in [1.82, 2.24) is 24.2 Å². The van der Waals surface area contributed by atoms with Crippen molar-refractivity contribution < 1.29 is 4.79 Å². The van der Waals surface area contributed by atoms with Crippen LogP contribution in [0.2, 0.25) is 0 Å². The molecule has 0 aromatic carbocycles. The van der Waals surface area contributed by atoms with Crippen LogP contribution in [0, 0.1) is 6.92 Å². The van der Waals surface area contributed by atoms with Gasteiger partial charge in [0.2, 0.25) is 0 Å². The van der Waals surface area contributed by atoms with Crippen LogP contribution in [0.3, 0.4) is 0 Å². The summed E-state index contributed by atoms with van der Waals surface area (Å²) < 4.78 is 2.19. The number of piperazine rings is 1. The Kier molecular flexibility index (Phi) is 5.24. The first kappa shape index (κ1) is 20.2. The fraction of sp³-hybridized carbons (Fsp3) is 0.458. The highest BCUT2D eigenvalue weighted by molar-refractivity contribution is 5.81. The molecular formula is C24H30N6O. The van der Waals surface area contributed by atoms with Crippen molar-refractivity contribution >= 4 is 17.2 Å². The summed E-state index contributed by atoms with van der Waals surface area (Å²) in [6.45, 7) is 6.20. The van der Waals surface area contributed by atoms with E-state index in [4.69, 9.17) is 4.98 Å². The van der Waals surface area contributed by atoms with Gasteiger partial charge < -0.3 is 9.80 Å². The molecule has 0 radical (unpaired) electrons. The number of piperidine rings is 1. The maximum Gasteiger partial charge on any atom is 0.138 e. The van der Waals surface area contributed by atoms with Gasteiger partial charge in [-0.3, -0.25) is 19.1 Å². The topological polar surface area (TPSA) is 57.0 Å². The summed E-state index contributed by atoms with van der Waals surface area (Å²) in [6, 6.07) is 10.2. The number of aryl methyl sites for hydroxylation is 1. The minimum atomic E-state index is -0.0482. The first-order valence-corrected chi connectivity index (χ1v) is 11.1. The van der Waals surface area contributed by atoms with Crippen LogP contribution in [-0.4, -0.2) is 70.2 Å². The third-order valence-corrected chi connectivity index (χ3v) is 6.85. The zero-order valence-corrected chi connectivity index (χ0v) is 18.5. The van der Waals surface area contributed by atoms with E-state index in [1.807, 2.05) is 18.3 Å². The molecular weight excluding hydrogens is 388 g/mol. The van der Waals surface area contributed by atoms with Gasteiger partial charge in [-0.15, -0.1) is 0 Å². The Bertz CT molecular complexity index is 1100. The van der Waals surface area contributed by atoms with Crippen molar-refractivity contribution in [2.24, 2.45) is 0 Å². The predicted molar refractivity (Wildman–Crippen MR) is 121 cm³/mol. The van der Waals surface area contributed by atoms with E-state index in [1.54, 1.807) is 0 Å². The normalized spacial score (nSPS) is 23.6. The van der Waals surface area contributed by atoms with E-state index in [-0.39, 0.29) is 17.9 Å². The number of hydrogen-bond acceptors (Lipinski definition) is 6. The molecule has 3 aromatic heterocycles. The monoisotopic (exact) mass is 418 g/mol. The van der Waals surface area contributed by atoms with Gasteiger partial charge in [-0.2, -0.15) is 0 Å². The lowest BCUT2D eigenvalue weighted by Gasteiger charge is -2.38. The van der Waals surface area contributed by atoms with Gasteiger partial charge in [-0.05, 0) is 44.8 Å². The molecule has 0 saturated carbocycles. The molecule has 3 aromatic rings. The van der Waals surface area contributed by atoms with E-state index in [9.17, 15) is 4.79 Å². The van der Waals surface area contributed by atoms with Gasteiger partial charge >= 0.3 is 0 Å². The van der Waals surface area contributed by atoms with Crippen LogP contribution in [0.5, 0.6) is 0 Å². The number of ketones is 1. The third-order valence-electron chi connectivity index (χ3n) is 6.85. The van der Waals surface area contributed by atoms with Crippen LogP contribution in [0.15, 0.2) is 42.7 Å². The number of fused-ring (bicyclic) bond motifs is 1. The molecule has 0 aliphatic carbocycles. The second-order valence-corrected chi connectivity index (χ2v) is 8.92. The Morgan fingerprint density at radius 2 is 1.74 bits per heavy atom. The SMILES string of the molecule is Cc1cccnc1[C@@H]1CC(=O)C[C@H](c2cn3c(N4CCN(C)CC4)cccc3n2)N1C. The fourth-order valence-electron chi connectivity index (χ4n) is 4.94. The Morgan fingerprint density at radius 1 is 0.968 bits per heavy atom. The largest absolute Gasteiger partial charge is 0.355 e. The first-order valence-electron chi connectivity index (χ1n) is 11.1. The number of likely N-dealkylation sites (N-methyl/N-ethyl adjacent to an activating group) is 1. The van der Waals surface area contributed by atoms with Gasteiger partial charge in [-0.1, -0.05) is 12.1 Å². The second kappa shape index (κ2) is 8.05.